The van der Waals surface area contributed by atoms with Crippen LogP contribution in [0, 0.1) is 13.8 Å². The lowest BCUT2D eigenvalue weighted by Gasteiger charge is -2.09. The minimum atomic E-state index is -0.373. The van der Waals surface area contributed by atoms with Crippen LogP contribution >= 0.6 is 0 Å². The summed E-state index contributed by atoms with van der Waals surface area (Å²) < 4.78 is 7.40. The quantitative estimate of drug-likeness (QED) is 0.884. The molecule has 1 aromatic carbocycles. The van der Waals surface area contributed by atoms with Gasteiger partial charge in [-0.2, -0.15) is 0 Å². The normalized spacial score (nSPS) is 10.7. The van der Waals surface area contributed by atoms with Crippen molar-refractivity contribution < 1.29 is 9.53 Å². The van der Waals surface area contributed by atoms with Crippen molar-refractivity contribution in [2.75, 3.05) is 7.11 Å². The number of hydrogen-bond acceptors (Lipinski definition) is 2. The number of amides is 1. The molecule has 2 N–H and O–H groups in total. The lowest BCUT2D eigenvalue weighted by Crippen LogP contribution is -2.13. The maximum atomic E-state index is 12.0. The molecule has 0 aliphatic heterocycles. The van der Waals surface area contributed by atoms with Crippen LogP contribution in [0.5, 0.6) is 5.75 Å². The molecule has 0 fully saturated rings. The molecule has 22 heavy (non-hydrogen) atoms. The number of hydrogen-bond donors (Lipinski definition) is 1. The summed E-state index contributed by atoms with van der Waals surface area (Å²) in [6, 6.07) is 7.74. The molecule has 118 valence electrons. The minimum Gasteiger partial charge on any atom is -0.497 e. The lowest BCUT2D eigenvalue weighted by atomic mass is 10.00. The zero-order valence-corrected chi connectivity index (χ0v) is 13.8. The Balaban J connectivity index is 2.59. The molecule has 0 saturated heterocycles. The van der Waals surface area contributed by atoms with Gasteiger partial charge in [-0.15, -0.1) is 0 Å². The topological polar surface area (TPSA) is 57.2 Å². The summed E-state index contributed by atoms with van der Waals surface area (Å²) in [5.41, 5.74) is 10.2. The van der Waals surface area contributed by atoms with E-state index in [1.54, 1.807) is 7.11 Å². The summed E-state index contributed by atoms with van der Waals surface area (Å²) in [5.74, 6) is 0.422. The number of carbonyl (C=O) groups is 1. The van der Waals surface area contributed by atoms with Crippen molar-refractivity contribution in [1.29, 1.82) is 0 Å². The molecule has 0 spiro atoms. The van der Waals surface area contributed by atoms with E-state index in [-0.39, 0.29) is 5.91 Å². The van der Waals surface area contributed by atoms with Crippen LogP contribution in [0.1, 0.15) is 41.5 Å². The van der Waals surface area contributed by atoms with Crippen LogP contribution in [-0.4, -0.2) is 17.6 Å². The number of benzene rings is 1. The summed E-state index contributed by atoms with van der Waals surface area (Å²) in [6.07, 6.45) is 2.19. The molecule has 1 amide bonds. The van der Waals surface area contributed by atoms with E-state index in [2.05, 4.69) is 18.4 Å². The van der Waals surface area contributed by atoms with Gasteiger partial charge in [-0.1, -0.05) is 25.5 Å². The van der Waals surface area contributed by atoms with Gasteiger partial charge in [0.25, 0.3) is 5.91 Å². The van der Waals surface area contributed by atoms with Crippen molar-refractivity contribution >= 4 is 5.91 Å². The molecule has 0 unspecified atom stereocenters. The first-order chi connectivity index (χ1) is 10.5. The molecule has 0 radical (unpaired) electrons. The van der Waals surface area contributed by atoms with Crippen molar-refractivity contribution in [1.82, 2.24) is 4.57 Å². The fraction of sp³-hybridized carbons (Fsp3) is 0.389. The van der Waals surface area contributed by atoms with Crippen LogP contribution < -0.4 is 10.5 Å². The number of unbranched alkanes of at least 4 members (excludes halogenated alkanes) is 1. The molecular formula is C18H24N2O2. The number of nitrogens with two attached hydrogens (primary N) is 1. The van der Waals surface area contributed by atoms with E-state index in [4.69, 9.17) is 10.5 Å². The standard InChI is InChI=1S/C18H24N2O2/c1-5-6-11-20-12(2)16(17(13(20)3)18(19)21)14-7-9-15(22-4)10-8-14/h7-10H,5-6,11H2,1-4H3,(H2,19,21). The molecule has 1 aromatic heterocycles. The predicted molar refractivity (Wildman–Crippen MR) is 89.3 cm³/mol. The van der Waals surface area contributed by atoms with Gasteiger partial charge >= 0.3 is 0 Å². The highest BCUT2D eigenvalue weighted by atomic mass is 16.5. The molecule has 0 aliphatic carbocycles. The molecule has 0 atom stereocenters. The Bertz CT molecular complexity index is 669. The number of carbonyl (C=O) groups excluding carboxylic acids is 1. The summed E-state index contributed by atoms with van der Waals surface area (Å²) >= 11 is 0. The average Bonchev–Trinajstić information content (AvgIpc) is 2.76. The molecule has 4 nitrogen and oxygen atoms in total. The van der Waals surface area contributed by atoms with E-state index in [1.165, 1.54) is 0 Å². The second kappa shape index (κ2) is 6.69. The largest absolute Gasteiger partial charge is 0.497 e. The smallest absolute Gasteiger partial charge is 0.251 e. The highest BCUT2D eigenvalue weighted by Gasteiger charge is 2.22. The first kappa shape index (κ1) is 16.1. The lowest BCUT2D eigenvalue weighted by molar-refractivity contribution is 0.1000. The van der Waals surface area contributed by atoms with E-state index in [0.717, 1.165) is 47.7 Å². The molecule has 0 bridgehead atoms. The molecule has 1 heterocycles. The van der Waals surface area contributed by atoms with E-state index >= 15 is 0 Å². The Morgan fingerprint density at radius 1 is 1.18 bits per heavy atom. The van der Waals surface area contributed by atoms with Gasteiger partial charge in [0.1, 0.15) is 5.75 Å². The van der Waals surface area contributed by atoms with Crippen molar-refractivity contribution in [2.24, 2.45) is 5.73 Å². The monoisotopic (exact) mass is 300 g/mol. The Morgan fingerprint density at radius 3 is 2.32 bits per heavy atom. The Morgan fingerprint density at radius 2 is 1.82 bits per heavy atom. The van der Waals surface area contributed by atoms with E-state index in [0.29, 0.717) is 5.56 Å². The predicted octanol–water partition coefficient (Wildman–Crippen LogP) is 3.68. The zero-order valence-electron chi connectivity index (χ0n) is 13.8. The van der Waals surface area contributed by atoms with Crippen molar-refractivity contribution in [3.8, 4) is 16.9 Å². The van der Waals surface area contributed by atoms with Crippen LogP contribution in [0.25, 0.3) is 11.1 Å². The number of rotatable bonds is 6. The van der Waals surface area contributed by atoms with Crippen LogP contribution in [-0.2, 0) is 6.54 Å². The van der Waals surface area contributed by atoms with Gasteiger partial charge in [0.05, 0.1) is 12.7 Å². The van der Waals surface area contributed by atoms with Gasteiger partial charge in [-0.3, -0.25) is 4.79 Å². The third-order valence-electron chi connectivity index (χ3n) is 4.14. The molecule has 4 heteroatoms. The molecule has 0 saturated carbocycles. The summed E-state index contributed by atoms with van der Waals surface area (Å²) in [4.78, 5) is 12.0. The first-order valence-corrected chi connectivity index (χ1v) is 7.65. The van der Waals surface area contributed by atoms with Crippen LogP contribution in [0.15, 0.2) is 24.3 Å². The second-order valence-electron chi connectivity index (χ2n) is 5.52. The number of nitrogens with zero attached hydrogens (tertiary/aromatic N) is 1. The van der Waals surface area contributed by atoms with Gasteiger partial charge in [0.15, 0.2) is 0 Å². The van der Waals surface area contributed by atoms with Crippen LogP contribution in [0.2, 0.25) is 0 Å². The van der Waals surface area contributed by atoms with E-state index in [9.17, 15) is 4.79 Å². The van der Waals surface area contributed by atoms with Crippen molar-refractivity contribution in [2.45, 2.75) is 40.2 Å². The maximum absolute atomic E-state index is 12.0. The Hall–Kier alpha value is -2.23. The molecule has 2 rings (SSSR count). The third kappa shape index (κ3) is 2.86. The second-order valence-corrected chi connectivity index (χ2v) is 5.52. The number of primary amides is 1. The summed E-state index contributed by atoms with van der Waals surface area (Å²) in [7, 11) is 1.64. The fourth-order valence-electron chi connectivity index (χ4n) is 2.95. The van der Waals surface area contributed by atoms with Gasteiger partial charge < -0.3 is 15.0 Å². The zero-order chi connectivity index (χ0) is 16.3. The number of methoxy groups -OCH3 is 1. The SMILES string of the molecule is CCCCn1c(C)c(C(N)=O)c(-c2ccc(OC)cc2)c1C. The highest BCUT2D eigenvalue weighted by molar-refractivity contribution is 6.02. The minimum absolute atomic E-state index is 0.373. The maximum Gasteiger partial charge on any atom is 0.251 e. The number of aromatic nitrogens is 1. The third-order valence-corrected chi connectivity index (χ3v) is 4.14. The molecule has 0 aliphatic rings. The Labute approximate surface area is 131 Å². The highest BCUT2D eigenvalue weighted by Crippen LogP contribution is 2.33. The van der Waals surface area contributed by atoms with Crippen LogP contribution in [0.3, 0.4) is 0 Å². The Kier molecular flexibility index (Phi) is 4.91. The molecular weight excluding hydrogens is 276 g/mol. The van der Waals surface area contributed by atoms with Gasteiger partial charge in [-0.25, -0.2) is 0 Å². The van der Waals surface area contributed by atoms with E-state index < -0.39 is 0 Å². The van der Waals surface area contributed by atoms with Gasteiger partial charge in [0, 0.05) is 23.5 Å². The van der Waals surface area contributed by atoms with Crippen molar-refractivity contribution in [3.05, 3.63) is 41.2 Å². The van der Waals surface area contributed by atoms with Gasteiger partial charge in [0.2, 0.25) is 0 Å². The summed E-state index contributed by atoms with van der Waals surface area (Å²) in [5, 5.41) is 0. The first-order valence-electron chi connectivity index (χ1n) is 7.65. The summed E-state index contributed by atoms with van der Waals surface area (Å²) in [6.45, 7) is 7.09. The average molecular weight is 300 g/mol. The van der Waals surface area contributed by atoms with E-state index in [1.807, 2.05) is 31.2 Å². The molecule has 2 aromatic rings. The van der Waals surface area contributed by atoms with Crippen LogP contribution in [0.4, 0.5) is 0 Å². The number of ether oxygens (including phenoxy) is 1. The van der Waals surface area contributed by atoms with Crippen molar-refractivity contribution in [3.63, 3.8) is 0 Å². The van der Waals surface area contributed by atoms with Gasteiger partial charge in [-0.05, 0) is 38.0 Å². The fourth-order valence-corrected chi connectivity index (χ4v) is 2.95.